The molecular weight excluding hydrogens is 332 g/mol. The molecular formula is C20H18N2O4. The molecule has 2 aliphatic heterocycles. The van der Waals surface area contributed by atoms with E-state index in [1.54, 1.807) is 24.3 Å². The van der Waals surface area contributed by atoms with E-state index in [4.69, 9.17) is 4.74 Å². The lowest BCUT2D eigenvalue weighted by Crippen LogP contribution is -2.39. The summed E-state index contributed by atoms with van der Waals surface area (Å²) in [6, 6.07) is 17.0. The zero-order valence-electron chi connectivity index (χ0n) is 13.8. The first-order valence-corrected chi connectivity index (χ1v) is 8.41. The number of hydrogen-bond acceptors (Lipinski definition) is 4. The van der Waals surface area contributed by atoms with Gasteiger partial charge in [-0.1, -0.05) is 30.4 Å². The van der Waals surface area contributed by atoms with E-state index in [0.717, 1.165) is 11.4 Å². The number of fused-ring (bicyclic) bond motifs is 2. The van der Waals surface area contributed by atoms with Gasteiger partial charge in [0.25, 0.3) is 0 Å². The summed E-state index contributed by atoms with van der Waals surface area (Å²) in [5, 5.41) is 15.5. The fraction of sp³-hybridized carbons (Fsp3) is 0.200. The fourth-order valence-electron chi connectivity index (χ4n) is 3.47. The average molecular weight is 350 g/mol. The van der Waals surface area contributed by atoms with E-state index >= 15 is 0 Å². The van der Waals surface area contributed by atoms with E-state index in [1.807, 2.05) is 42.5 Å². The van der Waals surface area contributed by atoms with Gasteiger partial charge >= 0.3 is 5.97 Å². The van der Waals surface area contributed by atoms with Crippen LogP contribution in [0.2, 0.25) is 0 Å². The van der Waals surface area contributed by atoms with Crippen LogP contribution >= 0.6 is 0 Å². The average Bonchev–Trinajstić information content (AvgIpc) is 3.25. The molecule has 132 valence electrons. The number of hydrogen-bond donors (Lipinski definition) is 3. The summed E-state index contributed by atoms with van der Waals surface area (Å²) >= 11 is 0. The van der Waals surface area contributed by atoms with E-state index in [0.29, 0.717) is 5.69 Å². The number of carboxylic acid groups (broad SMARTS) is 1. The topological polar surface area (TPSA) is 87.7 Å². The van der Waals surface area contributed by atoms with Crippen LogP contribution in [-0.2, 0) is 14.3 Å². The zero-order chi connectivity index (χ0) is 18.1. The molecule has 4 rings (SSSR count). The number of carbonyl (C=O) groups excluding carboxylic acids is 1. The van der Waals surface area contributed by atoms with Gasteiger partial charge in [0.2, 0.25) is 5.91 Å². The van der Waals surface area contributed by atoms with Crippen molar-refractivity contribution >= 4 is 28.9 Å². The van der Waals surface area contributed by atoms with Crippen molar-refractivity contribution in [3.05, 3.63) is 66.7 Å². The number of nitrogens with one attached hydrogen (secondary N) is 2. The van der Waals surface area contributed by atoms with Crippen LogP contribution in [0.15, 0.2) is 66.7 Å². The highest BCUT2D eigenvalue weighted by molar-refractivity contribution is 5.96. The number of carbonyl (C=O) groups is 2. The van der Waals surface area contributed by atoms with Crippen molar-refractivity contribution in [2.45, 2.75) is 12.2 Å². The number of aliphatic carboxylic acids is 1. The Morgan fingerprint density at radius 1 is 0.808 bits per heavy atom. The highest BCUT2D eigenvalue weighted by atomic mass is 16.5. The second kappa shape index (κ2) is 6.65. The number of carboxylic acids is 1. The summed E-state index contributed by atoms with van der Waals surface area (Å²) in [6.07, 6.45) is 2.49. The number of anilines is 3. The maximum Gasteiger partial charge on any atom is 0.310 e. The van der Waals surface area contributed by atoms with Crippen LogP contribution in [-0.4, -0.2) is 29.2 Å². The Morgan fingerprint density at radius 2 is 1.38 bits per heavy atom. The predicted molar refractivity (Wildman–Crippen MR) is 97.2 cm³/mol. The molecule has 2 heterocycles. The van der Waals surface area contributed by atoms with Crippen molar-refractivity contribution in [1.29, 1.82) is 0 Å². The number of ether oxygens (including phenoxy) is 1. The lowest BCUT2D eigenvalue weighted by Gasteiger charge is -2.21. The quantitative estimate of drug-likeness (QED) is 0.722. The highest BCUT2D eigenvalue weighted by Gasteiger charge is 2.53. The first-order valence-electron chi connectivity index (χ1n) is 8.41. The summed E-state index contributed by atoms with van der Waals surface area (Å²) in [5.74, 6) is -2.91. The molecule has 0 spiro atoms. The van der Waals surface area contributed by atoms with Gasteiger partial charge in [-0.15, -0.1) is 0 Å². The van der Waals surface area contributed by atoms with Gasteiger partial charge in [-0.2, -0.15) is 0 Å². The van der Waals surface area contributed by atoms with Crippen molar-refractivity contribution in [2.24, 2.45) is 11.8 Å². The smallest absolute Gasteiger partial charge is 0.310 e. The largest absolute Gasteiger partial charge is 0.481 e. The molecule has 0 aromatic heterocycles. The van der Waals surface area contributed by atoms with Crippen molar-refractivity contribution in [1.82, 2.24) is 0 Å². The van der Waals surface area contributed by atoms with Gasteiger partial charge in [0.05, 0.1) is 18.1 Å². The Hall–Kier alpha value is -3.12. The van der Waals surface area contributed by atoms with Crippen LogP contribution in [0.4, 0.5) is 17.1 Å². The number of amides is 1. The molecule has 0 aliphatic carbocycles. The van der Waals surface area contributed by atoms with Crippen molar-refractivity contribution in [3.63, 3.8) is 0 Å². The maximum absolute atomic E-state index is 12.6. The van der Waals surface area contributed by atoms with Gasteiger partial charge in [-0.05, 0) is 36.4 Å². The van der Waals surface area contributed by atoms with E-state index in [9.17, 15) is 14.7 Å². The third kappa shape index (κ3) is 3.07. The van der Waals surface area contributed by atoms with E-state index in [-0.39, 0.29) is 5.91 Å². The zero-order valence-corrected chi connectivity index (χ0v) is 13.8. The molecule has 26 heavy (non-hydrogen) atoms. The van der Waals surface area contributed by atoms with E-state index in [2.05, 4.69) is 10.6 Å². The predicted octanol–water partition coefficient (Wildman–Crippen LogP) is 3.02. The molecule has 6 heteroatoms. The lowest BCUT2D eigenvalue weighted by molar-refractivity contribution is -0.145. The third-order valence-corrected chi connectivity index (χ3v) is 4.70. The highest BCUT2D eigenvalue weighted by Crippen LogP contribution is 2.39. The SMILES string of the molecule is O=C(Nc1ccc(Nc2ccccc2)cc1)[C@@H]1[C@H](C(=O)O)[C@H]2C=C[C@H]1O2. The molecule has 1 saturated heterocycles. The minimum absolute atomic E-state index is 0.335. The molecule has 2 aliphatic rings. The Bertz CT molecular complexity index is 848. The van der Waals surface area contributed by atoms with Crippen LogP contribution in [0.1, 0.15) is 0 Å². The van der Waals surface area contributed by atoms with Crippen LogP contribution in [0.3, 0.4) is 0 Å². The molecule has 3 N–H and O–H groups in total. The van der Waals surface area contributed by atoms with Gasteiger partial charge in [0.15, 0.2) is 0 Å². The Kier molecular flexibility index (Phi) is 4.18. The molecule has 0 unspecified atom stereocenters. The number of para-hydroxylation sites is 1. The standard InChI is InChI=1S/C20H18N2O4/c23-19(17-15-10-11-16(26-15)18(17)20(24)25)22-14-8-6-13(7-9-14)21-12-4-2-1-3-5-12/h1-11,15-18,21H,(H,22,23)(H,24,25)/t15-,16-,17+,18-/m1/s1. The summed E-state index contributed by atoms with van der Waals surface area (Å²) in [7, 11) is 0. The van der Waals surface area contributed by atoms with E-state index in [1.165, 1.54) is 0 Å². The minimum Gasteiger partial charge on any atom is -0.481 e. The van der Waals surface area contributed by atoms with E-state index < -0.39 is 30.0 Å². The molecule has 6 nitrogen and oxygen atoms in total. The summed E-state index contributed by atoms with van der Waals surface area (Å²) in [5.41, 5.74) is 2.48. The first kappa shape index (κ1) is 16.4. The van der Waals surface area contributed by atoms with Gasteiger partial charge < -0.3 is 20.5 Å². The molecule has 1 amide bonds. The second-order valence-electron chi connectivity index (χ2n) is 6.40. The van der Waals surface area contributed by atoms with Crippen LogP contribution < -0.4 is 10.6 Å². The Balaban J connectivity index is 1.43. The number of benzene rings is 2. The van der Waals surface area contributed by atoms with Gasteiger partial charge in [0, 0.05) is 17.1 Å². The molecule has 1 fully saturated rings. The normalized spacial score (nSPS) is 25.8. The van der Waals surface area contributed by atoms with Crippen LogP contribution in [0.5, 0.6) is 0 Å². The summed E-state index contributed by atoms with van der Waals surface area (Å²) in [6.45, 7) is 0. The molecule has 2 aromatic carbocycles. The van der Waals surface area contributed by atoms with Crippen molar-refractivity contribution in [2.75, 3.05) is 10.6 Å². The van der Waals surface area contributed by atoms with Gasteiger partial charge in [0.1, 0.15) is 5.92 Å². The molecule has 0 radical (unpaired) electrons. The summed E-state index contributed by atoms with van der Waals surface area (Å²) < 4.78 is 5.54. The molecule has 2 bridgehead atoms. The molecule has 2 aromatic rings. The van der Waals surface area contributed by atoms with Crippen molar-refractivity contribution < 1.29 is 19.4 Å². The first-order chi connectivity index (χ1) is 12.6. The van der Waals surface area contributed by atoms with Crippen LogP contribution in [0, 0.1) is 11.8 Å². The molecule has 0 saturated carbocycles. The maximum atomic E-state index is 12.6. The molecule has 4 atom stereocenters. The Labute approximate surface area is 150 Å². The number of rotatable bonds is 5. The van der Waals surface area contributed by atoms with Gasteiger partial charge in [-0.3, -0.25) is 9.59 Å². The van der Waals surface area contributed by atoms with Gasteiger partial charge in [-0.25, -0.2) is 0 Å². The summed E-state index contributed by atoms with van der Waals surface area (Å²) in [4.78, 5) is 24.1. The van der Waals surface area contributed by atoms with Crippen molar-refractivity contribution in [3.8, 4) is 0 Å². The monoisotopic (exact) mass is 350 g/mol. The van der Waals surface area contributed by atoms with Crippen LogP contribution in [0.25, 0.3) is 0 Å². The lowest BCUT2D eigenvalue weighted by atomic mass is 9.82. The third-order valence-electron chi connectivity index (χ3n) is 4.70. The minimum atomic E-state index is -1.01. The fourth-order valence-corrected chi connectivity index (χ4v) is 3.47. The Morgan fingerprint density at radius 3 is 2.04 bits per heavy atom. The second-order valence-corrected chi connectivity index (χ2v) is 6.40.